The quantitative estimate of drug-likeness (QED) is 0.675. The van der Waals surface area contributed by atoms with E-state index in [0.717, 1.165) is 74.6 Å². The molecule has 6 nitrogen and oxygen atoms in total. The lowest BCUT2D eigenvalue weighted by Gasteiger charge is -2.26. The Hall–Kier alpha value is -1.89. The fourth-order valence-electron chi connectivity index (χ4n) is 3.85. The second-order valence-electron chi connectivity index (χ2n) is 7.62. The first kappa shape index (κ1) is 19.4. The van der Waals surface area contributed by atoms with Crippen LogP contribution in [0.1, 0.15) is 38.5 Å². The first-order valence-electron chi connectivity index (χ1n) is 10.1. The summed E-state index contributed by atoms with van der Waals surface area (Å²) in [6.45, 7) is 1.61. The van der Waals surface area contributed by atoms with Crippen LogP contribution in [0.2, 0.25) is 5.02 Å². The van der Waals surface area contributed by atoms with Gasteiger partial charge in [-0.25, -0.2) is 9.97 Å². The second kappa shape index (κ2) is 9.07. The minimum atomic E-state index is -0.166. The minimum absolute atomic E-state index is 0.166. The van der Waals surface area contributed by atoms with Crippen LogP contribution >= 0.6 is 11.6 Å². The summed E-state index contributed by atoms with van der Waals surface area (Å²) >= 11 is 6.42. The number of pyridine rings is 2. The van der Waals surface area contributed by atoms with E-state index < -0.39 is 0 Å². The third-order valence-electron chi connectivity index (χ3n) is 5.46. The van der Waals surface area contributed by atoms with Gasteiger partial charge in [-0.1, -0.05) is 17.7 Å². The lowest BCUT2D eigenvalue weighted by atomic mass is 9.93. The zero-order chi connectivity index (χ0) is 19.3. The van der Waals surface area contributed by atoms with Crippen molar-refractivity contribution in [1.29, 1.82) is 0 Å². The summed E-state index contributed by atoms with van der Waals surface area (Å²) in [4.78, 5) is 9.15. The number of aromatic nitrogens is 2. The van der Waals surface area contributed by atoms with Gasteiger partial charge in [0.15, 0.2) is 0 Å². The van der Waals surface area contributed by atoms with E-state index in [1.54, 1.807) is 6.20 Å². The average Bonchev–Trinajstić information content (AvgIpc) is 3.23. The van der Waals surface area contributed by atoms with Gasteiger partial charge in [-0.2, -0.15) is 0 Å². The van der Waals surface area contributed by atoms with E-state index in [4.69, 9.17) is 21.3 Å². The van der Waals surface area contributed by atoms with Crippen LogP contribution in [0.15, 0.2) is 30.5 Å². The maximum Gasteiger partial charge on any atom is 0.126 e. The van der Waals surface area contributed by atoms with E-state index in [0.29, 0.717) is 11.1 Å². The SMILES string of the molecule is OC1CCC(Nc2cc(-c3cccc(NC[C@@H]4CCCO4)n3)c(Cl)cn2)CC1. The molecule has 2 aromatic heterocycles. The molecule has 0 spiro atoms. The standard InChI is InChI=1S/C21H27ClN4O2/c22-18-13-24-21(25-14-6-8-15(27)9-7-14)11-17(18)19-4-1-5-20(26-19)23-12-16-3-2-10-28-16/h1,4-5,11,13-16,27H,2-3,6-10,12H2,(H,23,26)(H,24,25)/t14?,15?,16-/m0/s1. The highest BCUT2D eigenvalue weighted by molar-refractivity contribution is 6.33. The summed E-state index contributed by atoms with van der Waals surface area (Å²) < 4.78 is 5.66. The van der Waals surface area contributed by atoms with Crippen LogP contribution in [0.4, 0.5) is 11.6 Å². The molecule has 7 heteroatoms. The molecule has 0 radical (unpaired) electrons. The van der Waals surface area contributed by atoms with E-state index >= 15 is 0 Å². The number of nitrogens with zero attached hydrogens (tertiary/aromatic N) is 2. The highest BCUT2D eigenvalue weighted by Crippen LogP contribution is 2.30. The van der Waals surface area contributed by atoms with Gasteiger partial charge < -0.3 is 20.5 Å². The number of hydrogen-bond acceptors (Lipinski definition) is 6. The summed E-state index contributed by atoms with van der Waals surface area (Å²) in [5, 5.41) is 17.1. The van der Waals surface area contributed by atoms with Crippen molar-refractivity contribution in [3.63, 3.8) is 0 Å². The van der Waals surface area contributed by atoms with Crippen LogP contribution in [-0.4, -0.2) is 46.5 Å². The van der Waals surface area contributed by atoms with Crippen molar-refractivity contribution < 1.29 is 9.84 Å². The molecule has 1 atom stereocenters. The summed E-state index contributed by atoms with van der Waals surface area (Å²) in [6.07, 6.45) is 7.55. The molecule has 0 unspecified atom stereocenters. The van der Waals surface area contributed by atoms with Crippen molar-refractivity contribution in [3.8, 4) is 11.3 Å². The number of halogens is 1. The van der Waals surface area contributed by atoms with Crippen molar-refractivity contribution in [3.05, 3.63) is 35.5 Å². The van der Waals surface area contributed by atoms with E-state index in [1.807, 2.05) is 24.3 Å². The smallest absolute Gasteiger partial charge is 0.126 e. The van der Waals surface area contributed by atoms with Gasteiger partial charge in [0, 0.05) is 31.0 Å². The first-order chi connectivity index (χ1) is 13.7. The van der Waals surface area contributed by atoms with Gasteiger partial charge in [-0.15, -0.1) is 0 Å². The van der Waals surface area contributed by atoms with Crippen LogP contribution in [0.25, 0.3) is 11.3 Å². The lowest BCUT2D eigenvalue weighted by molar-refractivity contribution is 0.120. The molecule has 3 heterocycles. The molecule has 150 valence electrons. The molecule has 1 saturated carbocycles. The van der Waals surface area contributed by atoms with Crippen molar-refractivity contribution >= 4 is 23.2 Å². The molecule has 0 aromatic carbocycles. The van der Waals surface area contributed by atoms with Crippen LogP contribution in [-0.2, 0) is 4.74 Å². The molecular formula is C21H27ClN4O2. The van der Waals surface area contributed by atoms with Gasteiger partial charge in [0.25, 0.3) is 0 Å². The van der Waals surface area contributed by atoms with Gasteiger partial charge in [0.2, 0.25) is 0 Å². The lowest BCUT2D eigenvalue weighted by Crippen LogP contribution is -2.28. The van der Waals surface area contributed by atoms with Gasteiger partial charge in [-0.05, 0) is 56.7 Å². The van der Waals surface area contributed by atoms with Crippen LogP contribution in [0, 0.1) is 0 Å². The number of nitrogens with one attached hydrogen (secondary N) is 2. The second-order valence-corrected chi connectivity index (χ2v) is 8.03. The Morgan fingerprint density at radius 1 is 1.14 bits per heavy atom. The predicted octanol–water partition coefficient (Wildman–Crippen LogP) is 4.10. The fraction of sp³-hybridized carbons (Fsp3) is 0.524. The number of aliphatic hydroxyl groups excluding tert-OH is 1. The average molecular weight is 403 g/mol. The molecule has 4 rings (SSSR count). The number of rotatable bonds is 6. The summed E-state index contributed by atoms with van der Waals surface area (Å²) in [7, 11) is 0. The Balaban J connectivity index is 1.46. The molecule has 1 saturated heterocycles. The zero-order valence-electron chi connectivity index (χ0n) is 15.9. The Morgan fingerprint density at radius 2 is 2.00 bits per heavy atom. The number of ether oxygens (including phenoxy) is 1. The number of aliphatic hydroxyl groups is 1. The third kappa shape index (κ3) is 4.93. The molecule has 1 aliphatic heterocycles. The molecule has 2 aliphatic rings. The van der Waals surface area contributed by atoms with Crippen LogP contribution in [0.3, 0.4) is 0 Å². The van der Waals surface area contributed by atoms with Crippen LogP contribution in [0.5, 0.6) is 0 Å². The Kier molecular flexibility index (Phi) is 6.29. The summed E-state index contributed by atoms with van der Waals surface area (Å²) in [5.74, 6) is 1.61. The molecular weight excluding hydrogens is 376 g/mol. The molecule has 1 aliphatic carbocycles. The zero-order valence-corrected chi connectivity index (χ0v) is 16.7. The first-order valence-corrected chi connectivity index (χ1v) is 10.5. The van der Waals surface area contributed by atoms with Crippen molar-refractivity contribution in [1.82, 2.24) is 9.97 Å². The maximum absolute atomic E-state index is 9.68. The number of hydrogen-bond donors (Lipinski definition) is 3. The highest BCUT2D eigenvalue weighted by Gasteiger charge is 2.20. The van der Waals surface area contributed by atoms with Crippen molar-refractivity contribution in [2.45, 2.75) is 56.8 Å². The van der Waals surface area contributed by atoms with Gasteiger partial charge in [-0.3, -0.25) is 0 Å². The molecule has 2 fully saturated rings. The van der Waals surface area contributed by atoms with Gasteiger partial charge >= 0.3 is 0 Å². The van der Waals surface area contributed by atoms with Gasteiger partial charge in [0.1, 0.15) is 11.6 Å². The third-order valence-corrected chi connectivity index (χ3v) is 5.77. The van der Waals surface area contributed by atoms with E-state index in [9.17, 15) is 5.11 Å². The van der Waals surface area contributed by atoms with E-state index in [2.05, 4.69) is 15.6 Å². The largest absolute Gasteiger partial charge is 0.393 e. The number of anilines is 2. The van der Waals surface area contributed by atoms with E-state index in [-0.39, 0.29) is 12.2 Å². The van der Waals surface area contributed by atoms with E-state index in [1.165, 1.54) is 0 Å². The predicted molar refractivity (Wildman–Crippen MR) is 112 cm³/mol. The Morgan fingerprint density at radius 3 is 2.79 bits per heavy atom. The summed E-state index contributed by atoms with van der Waals surface area (Å²) in [5.41, 5.74) is 1.67. The fourth-order valence-corrected chi connectivity index (χ4v) is 4.05. The minimum Gasteiger partial charge on any atom is -0.393 e. The Bertz CT molecular complexity index is 790. The topological polar surface area (TPSA) is 79.3 Å². The molecule has 0 bridgehead atoms. The normalized spacial score (nSPS) is 24.9. The Labute approximate surface area is 170 Å². The molecule has 2 aromatic rings. The maximum atomic E-state index is 9.68. The van der Waals surface area contributed by atoms with Crippen molar-refractivity contribution in [2.75, 3.05) is 23.8 Å². The highest BCUT2D eigenvalue weighted by atomic mass is 35.5. The summed E-state index contributed by atoms with van der Waals surface area (Å²) in [6, 6.07) is 8.18. The molecule has 0 amide bonds. The van der Waals surface area contributed by atoms with Gasteiger partial charge in [0.05, 0.1) is 22.9 Å². The van der Waals surface area contributed by atoms with Crippen molar-refractivity contribution in [2.24, 2.45) is 0 Å². The van der Waals surface area contributed by atoms with Crippen LogP contribution < -0.4 is 10.6 Å². The molecule has 28 heavy (non-hydrogen) atoms. The molecule has 3 N–H and O–H groups in total. The monoisotopic (exact) mass is 402 g/mol.